The third-order valence-electron chi connectivity index (χ3n) is 2.68. The second-order valence-electron chi connectivity index (χ2n) is 4.38. The topological polar surface area (TPSA) is 49.3 Å². The molecule has 0 heterocycles. The van der Waals surface area contributed by atoms with E-state index >= 15 is 0 Å². The summed E-state index contributed by atoms with van der Waals surface area (Å²) in [5.41, 5.74) is 2.30. The number of nitrogens with one attached hydrogen (secondary N) is 1. The van der Waals surface area contributed by atoms with Gasteiger partial charge in [0.1, 0.15) is 5.75 Å². The van der Waals surface area contributed by atoms with Gasteiger partial charge < -0.3 is 10.4 Å². The highest BCUT2D eigenvalue weighted by Crippen LogP contribution is 2.24. The molecule has 19 heavy (non-hydrogen) atoms. The van der Waals surface area contributed by atoms with E-state index in [1.54, 1.807) is 12.1 Å². The number of rotatable bonds is 3. The molecule has 0 saturated carbocycles. The molecule has 0 fully saturated rings. The molecule has 0 radical (unpaired) electrons. The number of phenolic OH excluding ortho intramolecular Hbond substituents is 1. The Labute approximate surface area is 120 Å². The van der Waals surface area contributed by atoms with Gasteiger partial charge >= 0.3 is 0 Å². The van der Waals surface area contributed by atoms with Crippen LogP contribution in [0.4, 0.5) is 5.69 Å². The fraction of sp³-hybridized carbons (Fsp3) is 0.133. The molecule has 0 aliphatic heterocycles. The highest BCUT2D eigenvalue weighted by Gasteiger charge is 2.07. The number of anilines is 1. The Balaban J connectivity index is 2.05. The molecular formula is C15H14BrNO2. The molecule has 1 amide bonds. The molecule has 2 rings (SSSR count). The van der Waals surface area contributed by atoms with Crippen molar-refractivity contribution in [1.29, 1.82) is 0 Å². The van der Waals surface area contributed by atoms with Crippen LogP contribution in [0.25, 0.3) is 0 Å². The van der Waals surface area contributed by atoms with Crippen molar-refractivity contribution in [2.75, 3.05) is 5.32 Å². The molecule has 3 nitrogen and oxygen atoms in total. The van der Waals surface area contributed by atoms with Crippen LogP contribution < -0.4 is 5.32 Å². The van der Waals surface area contributed by atoms with Gasteiger partial charge in [-0.15, -0.1) is 0 Å². The zero-order valence-electron chi connectivity index (χ0n) is 10.5. The monoisotopic (exact) mass is 319 g/mol. The molecule has 4 heteroatoms. The van der Waals surface area contributed by atoms with Gasteiger partial charge in [0.15, 0.2) is 0 Å². The number of aryl methyl sites for hydroxylation is 1. The lowest BCUT2D eigenvalue weighted by atomic mass is 10.1. The number of carbonyl (C=O) groups is 1. The van der Waals surface area contributed by atoms with Crippen LogP contribution in [0.5, 0.6) is 5.75 Å². The second kappa shape index (κ2) is 5.89. The largest absolute Gasteiger partial charge is 0.506 e. The Hall–Kier alpha value is -1.81. The van der Waals surface area contributed by atoms with Crippen molar-refractivity contribution in [2.45, 2.75) is 13.3 Å². The second-order valence-corrected chi connectivity index (χ2v) is 5.29. The standard InChI is InChI=1S/C15H14BrNO2/c1-10-5-6-13(14(18)7-10)17-15(19)9-11-3-2-4-12(16)8-11/h2-8,18H,9H2,1H3,(H,17,19). The van der Waals surface area contributed by atoms with E-state index in [1.165, 1.54) is 0 Å². The Morgan fingerprint density at radius 3 is 2.74 bits per heavy atom. The highest BCUT2D eigenvalue weighted by atomic mass is 79.9. The van der Waals surface area contributed by atoms with Crippen LogP contribution in [0.1, 0.15) is 11.1 Å². The van der Waals surface area contributed by atoms with E-state index in [1.807, 2.05) is 37.3 Å². The van der Waals surface area contributed by atoms with Crippen molar-refractivity contribution in [3.8, 4) is 5.75 Å². The number of halogens is 1. The van der Waals surface area contributed by atoms with E-state index in [2.05, 4.69) is 21.2 Å². The minimum atomic E-state index is -0.155. The Bertz CT molecular complexity index is 611. The first kappa shape index (κ1) is 13.6. The van der Waals surface area contributed by atoms with Gasteiger partial charge in [-0.3, -0.25) is 4.79 Å². The molecular weight excluding hydrogens is 306 g/mol. The summed E-state index contributed by atoms with van der Waals surface area (Å²) in [4.78, 5) is 11.9. The van der Waals surface area contributed by atoms with Crippen LogP contribution >= 0.6 is 15.9 Å². The zero-order chi connectivity index (χ0) is 13.8. The summed E-state index contributed by atoms with van der Waals surface area (Å²) in [6, 6.07) is 12.7. The summed E-state index contributed by atoms with van der Waals surface area (Å²) >= 11 is 3.37. The lowest BCUT2D eigenvalue weighted by Crippen LogP contribution is -2.14. The maximum absolute atomic E-state index is 11.9. The van der Waals surface area contributed by atoms with Crippen molar-refractivity contribution in [3.63, 3.8) is 0 Å². The first-order valence-electron chi connectivity index (χ1n) is 5.88. The fourth-order valence-corrected chi connectivity index (χ4v) is 2.22. The molecule has 0 spiro atoms. The molecule has 0 aliphatic carbocycles. The first-order valence-corrected chi connectivity index (χ1v) is 6.68. The van der Waals surface area contributed by atoms with Gasteiger partial charge in [-0.1, -0.05) is 34.1 Å². The van der Waals surface area contributed by atoms with Crippen molar-refractivity contribution < 1.29 is 9.90 Å². The number of phenols is 1. The summed E-state index contributed by atoms with van der Waals surface area (Å²) in [5, 5.41) is 12.4. The summed E-state index contributed by atoms with van der Waals surface area (Å²) < 4.78 is 0.941. The molecule has 0 bridgehead atoms. The quantitative estimate of drug-likeness (QED) is 0.848. The van der Waals surface area contributed by atoms with Crippen molar-refractivity contribution in [2.24, 2.45) is 0 Å². The van der Waals surface area contributed by atoms with E-state index in [9.17, 15) is 9.90 Å². The summed E-state index contributed by atoms with van der Waals surface area (Å²) in [6.07, 6.45) is 0.271. The third-order valence-corrected chi connectivity index (χ3v) is 3.17. The number of amides is 1. The fourth-order valence-electron chi connectivity index (χ4n) is 1.77. The molecule has 0 aliphatic rings. The van der Waals surface area contributed by atoms with Crippen LogP contribution in [0, 0.1) is 6.92 Å². The predicted octanol–water partition coefficient (Wildman–Crippen LogP) is 3.64. The van der Waals surface area contributed by atoms with Gasteiger partial charge in [-0.2, -0.15) is 0 Å². The summed E-state index contributed by atoms with van der Waals surface area (Å²) in [6.45, 7) is 1.88. The lowest BCUT2D eigenvalue weighted by molar-refractivity contribution is -0.115. The molecule has 2 aromatic carbocycles. The molecule has 98 valence electrons. The molecule has 0 unspecified atom stereocenters. The SMILES string of the molecule is Cc1ccc(NC(=O)Cc2cccc(Br)c2)c(O)c1. The number of hydrogen-bond donors (Lipinski definition) is 2. The third kappa shape index (κ3) is 3.83. The van der Waals surface area contributed by atoms with E-state index in [0.29, 0.717) is 5.69 Å². The smallest absolute Gasteiger partial charge is 0.228 e. The normalized spacial score (nSPS) is 10.2. The lowest BCUT2D eigenvalue weighted by Gasteiger charge is -2.08. The Morgan fingerprint density at radius 1 is 1.26 bits per heavy atom. The number of hydrogen-bond acceptors (Lipinski definition) is 2. The predicted molar refractivity (Wildman–Crippen MR) is 79.3 cm³/mol. The summed E-state index contributed by atoms with van der Waals surface area (Å²) in [7, 11) is 0. The van der Waals surface area contributed by atoms with E-state index < -0.39 is 0 Å². The van der Waals surface area contributed by atoms with E-state index in [-0.39, 0.29) is 18.1 Å². The Morgan fingerprint density at radius 2 is 2.05 bits per heavy atom. The van der Waals surface area contributed by atoms with Crippen molar-refractivity contribution in [1.82, 2.24) is 0 Å². The number of carbonyl (C=O) groups excluding carboxylic acids is 1. The van der Waals surface area contributed by atoms with E-state index in [0.717, 1.165) is 15.6 Å². The highest BCUT2D eigenvalue weighted by molar-refractivity contribution is 9.10. The molecule has 0 atom stereocenters. The minimum Gasteiger partial charge on any atom is -0.506 e. The van der Waals surface area contributed by atoms with Crippen molar-refractivity contribution in [3.05, 3.63) is 58.1 Å². The maximum atomic E-state index is 11.9. The van der Waals surface area contributed by atoms with Gasteiger partial charge in [0, 0.05) is 4.47 Å². The van der Waals surface area contributed by atoms with Crippen LogP contribution in [0.2, 0.25) is 0 Å². The average molecular weight is 320 g/mol. The molecule has 2 aromatic rings. The molecule has 2 N–H and O–H groups in total. The molecule has 0 saturated heterocycles. The van der Waals surface area contributed by atoms with Gasteiger partial charge in [0.05, 0.1) is 12.1 Å². The average Bonchev–Trinajstić information content (AvgIpc) is 2.33. The minimum absolute atomic E-state index is 0.0857. The summed E-state index contributed by atoms with van der Waals surface area (Å²) in [5.74, 6) is -0.0696. The van der Waals surface area contributed by atoms with Gasteiger partial charge in [-0.25, -0.2) is 0 Å². The van der Waals surface area contributed by atoms with Gasteiger partial charge in [0.2, 0.25) is 5.91 Å². The maximum Gasteiger partial charge on any atom is 0.228 e. The van der Waals surface area contributed by atoms with Gasteiger partial charge in [-0.05, 0) is 42.3 Å². The van der Waals surface area contributed by atoms with Crippen LogP contribution in [-0.4, -0.2) is 11.0 Å². The van der Waals surface area contributed by atoms with Crippen molar-refractivity contribution >= 4 is 27.5 Å². The van der Waals surface area contributed by atoms with E-state index in [4.69, 9.17) is 0 Å². The number of aromatic hydroxyl groups is 1. The number of benzene rings is 2. The van der Waals surface area contributed by atoms with Crippen LogP contribution in [-0.2, 0) is 11.2 Å². The van der Waals surface area contributed by atoms with Crippen LogP contribution in [0.3, 0.4) is 0 Å². The van der Waals surface area contributed by atoms with Crippen LogP contribution in [0.15, 0.2) is 46.9 Å². The molecule has 0 aromatic heterocycles. The zero-order valence-corrected chi connectivity index (χ0v) is 12.1. The first-order chi connectivity index (χ1) is 9.04. The van der Waals surface area contributed by atoms with Gasteiger partial charge in [0.25, 0.3) is 0 Å². The Kier molecular flexibility index (Phi) is 4.22.